The minimum atomic E-state index is -0.404. The maximum atomic E-state index is 12.5. The molecule has 3 saturated carbocycles. The average Bonchev–Trinajstić information content (AvgIpc) is 2.99. The van der Waals surface area contributed by atoms with Crippen molar-refractivity contribution in [1.29, 1.82) is 0 Å². The molecule has 4 heteroatoms. The minimum Gasteiger partial charge on any atom is -0.460 e. The molecule has 0 spiro atoms. The van der Waals surface area contributed by atoms with Gasteiger partial charge >= 0.3 is 5.97 Å². The molecule has 4 rings (SSSR count). The van der Waals surface area contributed by atoms with Gasteiger partial charge in [0.1, 0.15) is 5.60 Å². The van der Waals surface area contributed by atoms with Crippen LogP contribution in [0.2, 0.25) is 0 Å². The fourth-order valence-electron chi connectivity index (χ4n) is 7.36. The molecule has 3 fully saturated rings. The van der Waals surface area contributed by atoms with Crippen molar-refractivity contribution in [3.05, 3.63) is 12.2 Å². The Labute approximate surface area is 182 Å². The van der Waals surface area contributed by atoms with Gasteiger partial charge in [-0.25, -0.2) is 0 Å². The molecule has 7 atom stereocenters. The van der Waals surface area contributed by atoms with Crippen LogP contribution in [-0.4, -0.2) is 23.5 Å². The van der Waals surface area contributed by atoms with Gasteiger partial charge in [0.15, 0.2) is 0 Å². The van der Waals surface area contributed by atoms with Crippen molar-refractivity contribution < 1.29 is 14.3 Å². The number of carbonyl (C=O) groups excluding carboxylic acids is 2. The van der Waals surface area contributed by atoms with E-state index in [0.717, 1.165) is 12.8 Å². The van der Waals surface area contributed by atoms with Crippen molar-refractivity contribution in [1.82, 2.24) is 5.32 Å². The fourth-order valence-corrected chi connectivity index (χ4v) is 7.36. The normalized spacial score (nSPS) is 42.0. The molecular formula is C26H39NO3. The van der Waals surface area contributed by atoms with Gasteiger partial charge in [-0.3, -0.25) is 9.59 Å². The fraction of sp³-hybridized carbons (Fsp3) is 0.769. The highest BCUT2D eigenvalue weighted by Crippen LogP contribution is 2.65. The Balaban J connectivity index is 0.00000124. The van der Waals surface area contributed by atoms with E-state index in [1.165, 1.54) is 25.7 Å². The largest absolute Gasteiger partial charge is 0.460 e. The molecule has 30 heavy (non-hydrogen) atoms. The number of amides is 1. The van der Waals surface area contributed by atoms with Crippen molar-refractivity contribution in [3.8, 4) is 12.8 Å². The first-order chi connectivity index (χ1) is 14.0. The van der Waals surface area contributed by atoms with Crippen LogP contribution in [0.5, 0.6) is 0 Å². The van der Waals surface area contributed by atoms with E-state index < -0.39 is 5.60 Å². The summed E-state index contributed by atoms with van der Waals surface area (Å²) >= 11 is 0. The van der Waals surface area contributed by atoms with Crippen LogP contribution in [0.25, 0.3) is 0 Å². The Morgan fingerprint density at radius 3 is 2.50 bits per heavy atom. The summed E-state index contributed by atoms with van der Waals surface area (Å²) in [5.41, 5.74) is -0.0668. The summed E-state index contributed by atoms with van der Waals surface area (Å²) in [7, 11) is 0. The third kappa shape index (κ3) is 3.93. The number of carbonyl (C=O) groups is 2. The molecule has 0 bridgehead atoms. The van der Waals surface area contributed by atoms with E-state index in [4.69, 9.17) is 4.74 Å². The first kappa shape index (κ1) is 22.9. The molecule has 1 aliphatic heterocycles. The van der Waals surface area contributed by atoms with Crippen LogP contribution >= 0.6 is 0 Å². The second-order valence-corrected chi connectivity index (χ2v) is 11.3. The van der Waals surface area contributed by atoms with Crippen molar-refractivity contribution in [2.75, 3.05) is 0 Å². The topological polar surface area (TPSA) is 55.4 Å². The van der Waals surface area contributed by atoms with Crippen LogP contribution in [0.1, 0.15) is 79.6 Å². The van der Waals surface area contributed by atoms with Crippen LogP contribution in [0.4, 0.5) is 0 Å². The first-order valence-electron chi connectivity index (χ1n) is 11.6. The van der Waals surface area contributed by atoms with Crippen LogP contribution < -0.4 is 5.32 Å². The smallest absolute Gasteiger partial charge is 0.306 e. The van der Waals surface area contributed by atoms with E-state index in [-0.39, 0.29) is 28.7 Å². The number of esters is 1. The number of nitrogens with one attached hydrogen (secondary N) is 1. The zero-order chi connectivity index (χ0) is 22.3. The average molecular weight is 414 g/mol. The van der Waals surface area contributed by atoms with E-state index in [2.05, 4.69) is 38.1 Å². The van der Waals surface area contributed by atoms with Gasteiger partial charge in [-0.1, -0.05) is 19.9 Å². The van der Waals surface area contributed by atoms with E-state index in [1.54, 1.807) is 6.08 Å². The van der Waals surface area contributed by atoms with Gasteiger partial charge in [-0.15, -0.1) is 12.8 Å². The van der Waals surface area contributed by atoms with E-state index in [9.17, 15) is 9.59 Å². The van der Waals surface area contributed by atoms with Crippen LogP contribution in [0, 0.1) is 47.3 Å². The highest BCUT2D eigenvalue weighted by molar-refractivity contribution is 5.89. The molecule has 1 amide bonds. The number of ether oxygens (including phenoxy) is 1. The Morgan fingerprint density at radius 2 is 1.83 bits per heavy atom. The lowest BCUT2D eigenvalue weighted by Crippen LogP contribution is -2.59. The van der Waals surface area contributed by atoms with E-state index in [1.807, 2.05) is 20.8 Å². The third-order valence-electron chi connectivity index (χ3n) is 8.72. The number of rotatable bonds is 2. The molecule has 3 aliphatic carbocycles. The monoisotopic (exact) mass is 413 g/mol. The van der Waals surface area contributed by atoms with Crippen LogP contribution in [0.15, 0.2) is 12.2 Å². The quantitative estimate of drug-likeness (QED) is 0.518. The summed E-state index contributed by atoms with van der Waals surface area (Å²) in [4.78, 5) is 24.4. The van der Waals surface area contributed by atoms with Crippen molar-refractivity contribution >= 4 is 11.9 Å². The van der Waals surface area contributed by atoms with E-state index >= 15 is 0 Å². The summed E-state index contributed by atoms with van der Waals surface area (Å²) in [5.74, 6) is 2.53. The molecule has 0 aromatic rings. The lowest BCUT2D eigenvalue weighted by Gasteiger charge is -2.59. The molecule has 4 nitrogen and oxygen atoms in total. The number of terminal acetylenes is 1. The van der Waals surface area contributed by atoms with Gasteiger partial charge in [0.25, 0.3) is 0 Å². The third-order valence-corrected chi connectivity index (χ3v) is 8.72. The Hall–Kier alpha value is -1.76. The van der Waals surface area contributed by atoms with Gasteiger partial charge in [0.2, 0.25) is 5.91 Å². The van der Waals surface area contributed by atoms with Crippen molar-refractivity contribution in [3.63, 3.8) is 0 Å². The minimum absolute atomic E-state index is 0.0323. The summed E-state index contributed by atoms with van der Waals surface area (Å²) < 4.78 is 5.64. The number of hydrogen-bond donors (Lipinski definition) is 1. The highest BCUT2D eigenvalue weighted by Gasteiger charge is 2.59. The molecule has 0 aromatic heterocycles. The summed E-state index contributed by atoms with van der Waals surface area (Å²) in [5, 5.41) is 3.23. The molecule has 4 aliphatic rings. The molecule has 7 unspecified atom stereocenters. The zero-order valence-electron chi connectivity index (χ0n) is 19.4. The second kappa shape index (κ2) is 8.06. The van der Waals surface area contributed by atoms with Gasteiger partial charge in [0.05, 0.1) is 0 Å². The lowest BCUT2D eigenvalue weighted by molar-refractivity contribution is -0.158. The SMILES string of the molecule is C#C.CC(C)(C)OC(=O)CC1CCC2C3CCC4NC(=O)C=CC4(C)C3CCC12C. The molecule has 1 N–H and O–H groups in total. The van der Waals surface area contributed by atoms with Crippen LogP contribution in [-0.2, 0) is 14.3 Å². The van der Waals surface area contributed by atoms with Gasteiger partial charge in [0, 0.05) is 17.9 Å². The van der Waals surface area contributed by atoms with Crippen molar-refractivity contribution in [2.45, 2.75) is 91.2 Å². The maximum Gasteiger partial charge on any atom is 0.306 e. The molecule has 166 valence electrons. The van der Waals surface area contributed by atoms with Gasteiger partial charge in [-0.2, -0.15) is 0 Å². The number of hydrogen-bond acceptors (Lipinski definition) is 3. The zero-order valence-corrected chi connectivity index (χ0v) is 19.4. The summed E-state index contributed by atoms with van der Waals surface area (Å²) in [6, 6.07) is 0.287. The predicted octanol–water partition coefficient (Wildman–Crippen LogP) is 4.88. The Kier molecular flexibility index (Phi) is 6.16. The molecule has 1 heterocycles. The molecule has 0 saturated heterocycles. The Morgan fingerprint density at radius 1 is 1.13 bits per heavy atom. The highest BCUT2D eigenvalue weighted by atomic mass is 16.6. The summed E-state index contributed by atoms with van der Waals surface area (Å²) in [6.07, 6.45) is 19.6. The molecular weight excluding hydrogens is 374 g/mol. The maximum absolute atomic E-state index is 12.5. The van der Waals surface area contributed by atoms with Crippen LogP contribution in [0.3, 0.4) is 0 Å². The van der Waals surface area contributed by atoms with Gasteiger partial charge in [-0.05, 0) is 94.5 Å². The Bertz CT molecular complexity index is 732. The van der Waals surface area contributed by atoms with E-state index in [0.29, 0.717) is 30.1 Å². The molecule has 0 radical (unpaired) electrons. The summed E-state index contributed by atoms with van der Waals surface area (Å²) in [6.45, 7) is 10.7. The first-order valence-corrected chi connectivity index (χ1v) is 11.6. The molecule has 0 aromatic carbocycles. The standard InChI is InChI=1S/C24H37NO3.C2H2/c1-22(2,3)28-21(27)14-15-6-8-17-16-7-9-19-24(5,13-11-20(26)25-19)18(16)10-12-23(15,17)4;1-2/h11,13,15-19H,6-10,12,14H2,1-5H3,(H,25,26);1-2H. The lowest BCUT2D eigenvalue weighted by atomic mass is 9.48. The van der Waals surface area contributed by atoms with Gasteiger partial charge < -0.3 is 10.1 Å². The van der Waals surface area contributed by atoms with Crippen molar-refractivity contribution in [2.24, 2.45) is 34.5 Å². The second-order valence-electron chi connectivity index (χ2n) is 11.3. The number of fused-ring (bicyclic) bond motifs is 5. The predicted molar refractivity (Wildman–Crippen MR) is 119 cm³/mol.